The molecule has 0 bridgehead atoms. The predicted molar refractivity (Wildman–Crippen MR) is 69.5 cm³/mol. The van der Waals surface area contributed by atoms with Crippen molar-refractivity contribution in [1.29, 1.82) is 0 Å². The maximum Gasteiger partial charge on any atom is 0.121 e. The smallest absolute Gasteiger partial charge is 0.121 e. The summed E-state index contributed by atoms with van der Waals surface area (Å²) in [5, 5.41) is 0. The van der Waals surface area contributed by atoms with Gasteiger partial charge in [-0.3, -0.25) is 4.90 Å². The van der Waals surface area contributed by atoms with Gasteiger partial charge in [-0.2, -0.15) is 0 Å². The molecule has 0 saturated carbocycles. The lowest BCUT2D eigenvalue weighted by atomic mass is 9.82. The summed E-state index contributed by atoms with van der Waals surface area (Å²) < 4.78 is 5.38. The Hall–Kier alpha value is -0.800. The first-order chi connectivity index (χ1) is 8.23. The highest BCUT2D eigenvalue weighted by Crippen LogP contribution is 2.37. The summed E-state index contributed by atoms with van der Waals surface area (Å²) in [5.41, 5.74) is 7.47. The van der Waals surface area contributed by atoms with E-state index in [1.807, 2.05) is 0 Å². The first-order valence-corrected chi connectivity index (χ1v) is 6.70. The molecular weight excluding hydrogens is 212 g/mol. The average Bonchev–Trinajstić information content (AvgIpc) is 2.97. The molecule has 3 nitrogen and oxygen atoms in total. The first-order valence-electron chi connectivity index (χ1n) is 6.70. The number of hydrogen-bond acceptors (Lipinski definition) is 3. The minimum atomic E-state index is 0.503. The average molecular weight is 236 g/mol. The zero-order chi connectivity index (χ0) is 12.3. The van der Waals surface area contributed by atoms with Crippen molar-refractivity contribution in [3.8, 4) is 0 Å². The highest BCUT2D eigenvalue weighted by molar-refractivity contribution is 5.17. The summed E-state index contributed by atoms with van der Waals surface area (Å²) in [5.74, 6) is 0.940. The Labute approximate surface area is 104 Å². The molecule has 0 amide bonds. The van der Waals surface area contributed by atoms with Crippen molar-refractivity contribution in [3.63, 3.8) is 0 Å². The highest BCUT2D eigenvalue weighted by Gasteiger charge is 2.34. The van der Waals surface area contributed by atoms with Gasteiger partial charge in [0.05, 0.1) is 12.8 Å². The zero-order valence-corrected chi connectivity index (χ0v) is 11.0. The van der Waals surface area contributed by atoms with E-state index in [1.54, 1.807) is 6.26 Å². The Morgan fingerprint density at radius 2 is 2.18 bits per heavy atom. The van der Waals surface area contributed by atoms with Gasteiger partial charge in [0.15, 0.2) is 0 Å². The van der Waals surface area contributed by atoms with Crippen molar-refractivity contribution in [3.05, 3.63) is 23.7 Å². The number of furan rings is 1. The molecule has 1 aliphatic rings. The van der Waals surface area contributed by atoms with Crippen LogP contribution in [0.5, 0.6) is 0 Å². The number of hydrogen-bond donors (Lipinski definition) is 1. The van der Waals surface area contributed by atoms with E-state index in [0.29, 0.717) is 12.0 Å². The van der Waals surface area contributed by atoms with E-state index in [2.05, 4.69) is 24.8 Å². The van der Waals surface area contributed by atoms with E-state index < -0.39 is 0 Å². The van der Waals surface area contributed by atoms with Gasteiger partial charge in [-0.25, -0.2) is 0 Å². The van der Waals surface area contributed by atoms with Gasteiger partial charge < -0.3 is 10.2 Å². The van der Waals surface area contributed by atoms with Gasteiger partial charge in [0.2, 0.25) is 0 Å². The molecule has 0 atom stereocenters. The normalized spacial score (nSPS) is 19.9. The molecule has 96 valence electrons. The highest BCUT2D eigenvalue weighted by atomic mass is 16.3. The van der Waals surface area contributed by atoms with Gasteiger partial charge in [-0.1, -0.05) is 13.8 Å². The molecule has 17 heavy (non-hydrogen) atoms. The van der Waals surface area contributed by atoms with Crippen LogP contribution in [0.25, 0.3) is 0 Å². The van der Waals surface area contributed by atoms with Crippen molar-refractivity contribution in [1.82, 2.24) is 4.90 Å². The molecule has 1 aromatic rings. The van der Waals surface area contributed by atoms with E-state index in [1.165, 1.54) is 37.9 Å². The SMILES string of the molecule is CCC1(CC)CCN(Cc2ccoc2CN)C1. The molecule has 2 heterocycles. The summed E-state index contributed by atoms with van der Waals surface area (Å²) in [7, 11) is 0. The Balaban J connectivity index is 1.98. The lowest BCUT2D eigenvalue weighted by Gasteiger charge is -2.26. The van der Waals surface area contributed by atoms with Crippen LogP contribution in [0.15, 0.2) is 16.7 Å². The molecule has 0 aromatic carbocycles. The van der Waals surface area contributed by atoms with E-state index >= 15 is 0 Å². The van der Waals surface area contributed by atoms with Crippen LogP contribution in [0.1, 0.15) is 44.4 Å². The standard InChI is InChI=1S/C14H24N2O/c1-3-14(4-2)6-7-16(11-14)10-12-5-8-17-13(12)9-15/h5,8H,3-4,6-7,9-11,15H2,1-2H3. The molecule has 3 heteroatoms. The fraction of sp³-hybridized carbons (Fsp3) is 0.714. The molecule has 2 rings (SSSR count). The minimum absolute atomic E-state index is 0.503. The minimum Gasteiger partial charge on any atom is -0.468 e. The maximum atomic E-state index is 5.66. The zero-order valence-electron chi connectivity index (χ0n) is 11.0. The van der Waals surface area contributed by atoms with Crippen molar-refractivity contribution in [2.75, 3.05) is 13.1 Å². The van der Waals surface area contributed by atoms with Crippen LogP contribution in [-0.4, -0.2) is 18.0 Å². The summed E-state index contributed by atoms with van der Waals surface area (Å²) in [4.78, 5) is 2.54. The number of likely N-dealkylation sites (tertiary alicyclic amines) is 1. The van der Waals surface area contributed by atoms with E-state index in [9.17, 15) is 0 Å². The van der Waals surface area contributed by atoms with Crippen LogP contribution in [0.3, 0.4) is 0 Å². The molecule has 0 spiro atoms. The van der Waals surface area contributed by atoms with Gasteiger partial charge in [0.1, 0.15) is 5.76 Å². The van der Waals surface area contributed by atoms with Crippen LogP contribution in [0.2, 0.25) is 0 Å². The lowest BCUT2D eigenvalue weighted by molar-refractivity contribution is 0.235. The molecule has 0 unspecified atom stereocenters. The monoisotopic (exact) mass is 236 g/mol. The van der Waals surface area contributed by atoms with Crippen molar-refractivity contribution >= 4 is 0 Å². The molecule has 0 aliphatic carbocycles. The second-order valence-electron chi connectivity index (χ2n) is 5.24. The van der Waals surface area contributed by atoms with E-state index in [4.69, 9.17) is 10.2 Å². The Morgan fingerprint density at radius 1 is 1.41 bits per heavy atom. The van der Waals surface area contributed by atoms with E-state index in [-0.39, 0.29) is 0 Å². The summed E-state index contributed by atoms with van der Waals surface area (Å²) in [6, 6.07) is 2.06. The quantitative estimate of drug-likeness (QED) is 0.854. The molecule has 0 radical (unpaired) electrons. The number of nitrogens with two attached hydrogens (primary N) is 1. The second kappa shape index (κ2) is 5.23. The van der Waals surface area contributed by atoms with Gasteiger partial charge in [0.25, 0.3) is 0 Å². The topological polar surface area (TPSA) is 42.4 Å². The van der Waals surface area contributed by atoms with Crippen LogP contribution < -0.4 is 5.73 Å². The Bertz CT molecular complexity index is 355. The van der Waals surface area contributed by atoms with Crippen LogP contribution in [-0.2, 0) is 13.1 Å². The largest absolute Gasteiger partial charge is 0.468 e. The predicted octanol–water partition coefficient (Wildman–Crippen LogP) is 2.75. The molecular formula is C14H24N2O. The molecule has 1 fully saturated rings. The number of nitrogens with zero attached hydrogens (tertiary/aromatic N) is 1. The third-order valence-corrected chi connectivity index (χ3v) is 4.43. The van der Waals surface area contributed by atoms with E-state index in [0.717, 1.165) is 12.3 Å². The van der Waals surface area contributed by atoms with Gasteiger partial charge in [0, 0.05) is 18.7 Å². The first kappa shape index (κ1) is 12.7. The maximum absolute atomic E-state index is 5.66. The van der Waals surface area contributed by atoms with Gasteiger partial charge >= 0.3 is 0 Å². The summed E-state index contributed by atoms with van der Waals surface area (Å²) in [6.07, 6.45) is 5.65. The van der Waals surface area contributed by atoms with Crippen molar-refractivity contribution in [2.45, 2.75) is 46.2 Å². The van der Waals surface area contributed by atoms with Gasteiger partial charge in [-0.15, -0.1) is 0 Å². The van der Waals surface area contributed by atoms with Crippen LogP contribution in [0.4, 0.5) is 0 Å². The summed E-state index contributed by atoms with van der Waals surface area (Å²) >= 11 is 0. The van der Waals surface area contributed by atoms with Crippen LogP contribution in [0, 0.1) is 5.41 Å². The van der Waals surface area contributed by atoms with Gasteiger partial charge in [-0.05, 0) is 37.3 Å². The molecule has 1 saturated heterocycles. The molecule has 1 aliphatic heterocycles. The lowest BCUT2D eigenvalue weighted by Crippen LogP contribution is -2.26. The Morgan fingerprint density at radius 3 is 2.76 bits per heavy atom. The fourth-order valence-electron chi connectivity index (χ4n) is 2.92. The van der Waals surface area contributed by atoms with Crippen LogP contribution >= 0.6 is 0 Å². The van der Waals surface area contributed by atoms with Crippen molar-refractivity contribution in [2.24, 2.45) is 11.1 Å². The van der Waals surface area contributed by atoms with Crippen molar-refractivity contribution < 1.29 is 4.42 Å². The fourth-order valence-corrected chi connectivity index (χ4v) is 2.92. The third kappa shape index (κ3) is 2.55. The third-order valence-electron chi connectivity index (χ3n) is 4.43. The molecule has 1 aromatic heterocycles. The number of rotatable bonds is 5. The Kier molecular flexibility index (Phi) is 3.89. The summed E-state index contributed by atoms with van der Waals surface area (Å²) in [6.45, 7) is 8.55. The second-order valence-corrected chi connectivity index (χ2v) is 5.24. The molecule has 2 N–H and O–H groups in total.